The van der Waals surface area contributed by atoms with Gasteiger partial charge in [-0.25, -0.2) is 0 Å². The van der Waals surface area contributed by atoms with Crippen LogP contribution in [0, 0.1) is 5.92 Å². The predicted molar refractivity (Wildman–Crippen MR) is 96.4 cm³/mol. The summed E-state index contributed by atoms with van der Waals surface area (Å²) in [5.41, 5.74) is 1.50. The van der Waals surface area contributed by atoms with E-state index in [4.69, 9.17) is 0 Å². The van der Waals surface area contributed by atoms with Gasteiger partial charge in [0.25, 0.3) is 5.91 Å². The molecule has 2 aliphatic rings. The molecule has 0 atom stereocenters. The van der Waals surface area contributed by atoms with Gasteiger partial charge in [-0.3, -0.25) is 9.59 Å². The van der Waals surface area contributed by atoms with Crippen molar-refractivity contribution in [1.82, 2.24) is 9.80 Å². The highest BCUT2D eigenvalue weighted by atomic mass is 16.3. The molecule has 3 rings (SSSR count). The molecule has 1 aliphatic carbocycles. The number of hydrogen-bond donors (Lipinski definition) is 2. The van der Waals surface area contributed by atoms with Crippen LogP contribution in [0.5, 0.6) is 0 Å². The first-order valence-electron chi connectivity index (χ1n) is 9.08. The zero-order valence-corrected chi connectivity index (χ0v) is 14.8. The molecule has 0 aromatic heterocycles. The van der Waals surface area contributed by atoms with Crippen LogP contribution < -0.4 is 5.32 Å². The normalized spacial score (nSPS) is 18.1. The zero-order valence-electron chi connectivity index (χ0n) is 14.8. The summed E-state index contributed by atoms with van der Waals surface area (Å²) >= 11 is 0. The first-order valence-corrected chi connectivity index (χ1v) is 9.08. The van der Waals surface area contributed by atoms with Gasteiger partial charge < -0.3 is 20.2 Å². The molecule has 1 aliphatic heterocycles. The van der Waals surface area contributed by atoms with Crippen molar-refractivity contribution in [2.75, 3.05) is 38.6 Å². The van der Waals surface area contributed by atoms with E-state index in [1.54, 1.807) is 17.0 Å². The van der Waals surface area contributed by atoms with Crippen LogP contribution in [0.25, 0.3) is 0 Å². The number of nitrogens with one attached hydrogen (secondary N) is 1. The summed E-state index contributed by atoms with van der Waals surface area (Å²) in [4.78, 5) is 28.2. The minimum atomic E-state index is 0.0347. The second-order valence-corrected chi connectivity index (χ2v) is 7.08. The fourth-order valence-electron chi connectivity index (χ4n) is 3.20. The summed E-state index contributed by atoms with van der Waals surface area (Å²) in [5.74, 6) is 0.448. The van der Waals surface area contributed by atoms with E-state index >= 15 is 0 Å². The van der Waals surface area contributed by atoms with Crippen molar-refractivity contribution >= 4 is 17.5 Å². The van der Waals surface area contributed by atoms with Gasteiger partial charge in [-0.2, -0.15) is 0 Å². The number of carbonyl (C=O) groups excluding carboxylic acids is 2. The van der Waals surface area contributed by atoms with E-state index in [0.29, 0.717) is 30.6 Å². The number of anilines is 1. The molecule has 136 valence electrons. The second kappa shape index (κ2) is 7.87. The highest BCUT2D eigenvalue weighted by Gasteiger charge is 2.29. The van der Waals surface area contributed by atoms with Gasteiger partial charge in [-0.15, -0.1) is 0 Å². The molecule has 1 aromatic rings. The fourth-order valence-corrected chi connectivity index (χ4v) is 3.20. The molecular formula is C19H27N3O3. The third-order valence-corrected chi connectivity index (χ3v) is 5.22. The average molecular weight is 345 g/mol. The van der Waals surface area contributed by atoms with Crippen LogP contribution in [0.1, 0.15) is 36.0 Å². The number of likely N-dealkylation sites (tertiary alicyclic amines) is 1. The summed E-state index contributed by atoms with van der Waals surface area (Å²) in [6.45, 7) is 1.88. The van der Waals surface area contributed by atoms with Crippen molar-refractivity contribution in [1.29, 1.82) is 0 Å². The molecule has 6 nitrogen and oxygen atoms in total. The van der Waals surface area contributed by atoms with Crippen LogP contribution in [0.15, 0.2) is 24.3 Å². The Bertz CT molecular complexity index is 605. The molecule has 0 spiro atoms. The van der Waals surface area contributed by atoms with E-state index in [1.165, 1.54) is 0 Å². The summed E-state index contributed by atoms with van der Waals surface area (Å²) in [7, 11) is 1.85. The van der Waals surface area contributed by atoms with Crippen LogP contribution >= 0.6 is 0 Å². The van der Waals surface area contributed by atoms with Crippen LogP contribution in [-0.4, -0.2) is 66.1 Å². The Morgan fingerprint density at radius 1 is 1.16 bits per heavy atom. The van der Waals surface area contributed by atoms with Crippen LogP contribution in [0.4, 0.5) is 5.69 Å². The lowest BCUT2D eigenvalue weighted by molar-refractivity contribution is -0.128. The molecular weight excluding hydrogens is 318 g/mol. The summed E-state index contributed by atoms with van der Waals surface area (Å²) in [6.07, 6.45) is 3.93. The molecule has 2 N–H and O–H groups in total. The predicted octanol–water partition coefficient (Wildman–Crippen LogP) is 1.56. The first kappa shape index (κ1) is 17.7. The SMILES string of the molecule is CN(C(=O)CNc1ccc(C(=O)N2CCC(CO)CC2)cc1)C1CC1. The molecule has 1 saturated carbocycles. The van der Waals surface area contributed by atoms with Gasteiger partial charge in [-0.1, -0.05) is 0 Å². The molecule has 1 saturated heterocycles. The molecule has 0 radical (unpaired) electrons. The number of hydrogen-bond acceptors (Lipinski definition) is 4. The maximum atomic E-state index is 12.5. The Labute approximate surface area is 148 Å². The number of rotatable bonds is 6. The zero-order chi connectivity index (χ0) is 17.8. The molecule has 0 bridgehead atoms. The Morgan fingerprint density at radius 2 is 1.80 bits per heavy atom. The maximum absolute atomic E-state index is 12.5. The number of carbonyl (C=O) groups is 2. The summed E-state index contributed by atoms with van der Waals surface area (Å²) < 4.78 is 0. The number of amides is 2. The largest absolute Gasteiger partial charge is 0.396 e. The van der Waals surface area contributed by atoms with Gasteiger partial charge in [0.15, 0.2) is 0 Å². The maximum Gasteiger partial charge on any atom is 0.253 e. The van der Waals surface area contributed by atoms with E-state index in [-0.39, 0.29) is 25.0 Å². The number of aliphatic hydroxyl groups excluding tert-OH is 1. The van der Waals surface area contributed by atoms with Crippen molar-refractivity contribution in [3.8, 4) is 0 Å². The molecule has 2 fully saturated rings. The van der Waals surface area contributed by atoms with Crippen molar-refractivity contribution in [3.05, 3.63) is 29.8 Å². The average Bonchev–Trinajstić information content (AvgIpc) is 3.50. The van der Waals surface area contributed by atoms with E-state index in [2.05, 4.69) is 5.32 Å². The summed E-state index contributed by atoms with van der Waals surface area (Å²) in [5, 5.41) is 12.3. The Balaban J connectivity index is 1.49. The fraction of sp³-hybridized carbons (Fsp3) is 0.579. The number of likely N-dealkylation sites (N-methyl/N-ethyl adjacent to an activating group) is 1. The lowest BCUT2D eigenvalue weighted by atomic mass is 9.97. The Morgan fingerprint density at radius 3 is 2.36 bits per heavy atom. The van der Waals surface area contributed by atoms with E-state index in [1.807, 2.05) is 24.1 Å². The lowest BCUT2D eigenvalue weighted by Gasteiger charge is -2.31. The Hall–Kier alpha value is -2.08. The van der Waals surface area contributed by atoms with E-state index < -0.39 is 0 Å². The monoisotopic (exact) mass is 345 g/mol. The van der Waals surface area contributed by atoms with Crippen molar-refractivity contribution in [2.45, 2.75) is 31.7 Å². The molecule has 6 heteroatoms. The highest BCUT2D eigenvalue weighted by Crippen LogP contribution is 2.25. The van der Waals surface area contributed by atoms with Crippen molar-refractivity contribution in [2.24, 2.45) is 5.92 Å². The first-order chi connectivity index (χ1) is 12.1. The second-order valence-electron chi connectivity index (χ2n) is 7.08. The standard InChI is InChI=1S/C19H27N3O3/c1-21(17-6-7-17)18(24)12-20-16-4-2-15(3-5-16)19(25)22-10-8-14(13-23)9-11-22/h2-5,14,17,20,23H,6-13H2,1H3. The third kappa shape index (κ3) is 4.51. The van der Waals surface area contributed by atoms with E-state index in [9.17, 15) is 14.7 Å². The van der Waals surface area contributed by atoms with Crippen LogP contribution in [0.3, 0.4) is 0 Å². The van der Waals surface area contributed by atoms with Crippen LogP contribution in [-0.2, 0) is 4.79 Å². The van der Waals surface area contributed by atoms with Gasteiger partial charge in [0.1, 0.15) is 0 Å². The van der Waals surface area contributed by atoms with Gasteiger partial charge in [0.05, 0.1) is 6.54 Å². The van der Waals surface area contributed by atoms with Gasteiger partial charge >= 0.3 is 0 Å². The number of nitrogens with zero attached hydrogens (tertiary/aromatic N) is 2. The van der Waals surface area contributed by atoms with Crippen molar-refractivity contribution in [3.63, 3.8) is 0 Å². The molecule has 1 aromatic carbocycles. The molecule has 1 heterocycles. The minimum absolute atomic E-state index is 0.0347. The van der Waals surface area contributed by atoms with Gasteiger partial charge in [0, 0.05) is 44.0 Å². The number of piperidine rings is 1. The van der Waals surface area contributed by atoms with Crippen molar-refractivity contribution < 1.29 is 14.7 Å². The lowest BCUT2D eigenvalue weighted by Crippen LogP contribution is -2.39. The number of aliphatic hydroxyl groups is 1. The number of benzene rings is 1. The molecule has 0 unspecified atom stereocenters. The summed E-state index contributed by atoms with van der Waals surface area (Å²) in [6, 6.07) is 7.72. The van der Waals surface area contributed by atoms with Crippen LogP contribution in [0.2, 0.25) is 0 Å². The quantitative estimate of drug-likeness (QED) is 0.821. The smallest absolute Gasteiger partial charge is 0.253 e. The van der Waals surface area contributed by atoms with Gasteiger partial charge in [0.2, 0.25) is 5.91 Å². The van der Waals surface area contributed by atoms with Gasteiger partial charge in [-0.05, 0) is 55.9 Å². The molecule has 2 amide bonds. The highest BCUT2D eigenvalue weighted by molar-refractivity contribution is 5.94. The third-order valence-electron chi connectivity index (χ3n) is 5.22. The minimum Gasteiger partial charge on any atom is -0.396 e. The Kier molecular flexibility index (Phi) is 5.58. The molecule has 25 heavy (non-hydrogen) atoms. The topological polar surface area (TPSA) is 72.9 Å². The van der Waals surface area contributed by atoms with E-state index in [0.717, 1.165) is 31.4 Å².